The highest BCUT2D eigenvalue weighted by atomic mass is 32.2. The molecule has 2 heterocycles. The topological polar surface area (TPSA) is 57.4 Å². The number of aromatic nitrogens is 1. The summed E-state index contributed by atoms with van der Waals surface area (Å²) in [7, 11) is 0. The van der Waals surface area contributed by atoms with Gasteiger partial charge in [0, 0.05) is 17.1 Å². The molecule has 1 aliphatic rings. The number of benzene rings is 1. The summed E-state index contributed by atoms with van der Waals surface area (Å²) in [4.78, 5) is 5.63. The molecule has 0 fully saturated rings. The van der Waals surface area contributed by atoms with Crippen LogP contribution in [0.4, 0.5) is 0 Å². The quantitative estimate of drug-likeness (QED) is 0.941. The number of hydrogen-bond donors (Lipinski definition) is 1. The second-order valence-corrected chi connectivity index (χ2v) is 5.59. The van der Waals surface area contributed by atoms with Gasteiger partial charge in [-0.25, -0.2) is 4.98 Å². The van der Waals surface area contributed by atoms with Crippen molar-refractivity contribution >= 4 is 11.8 Å². The van der Waals surface area contributed by atoms with Gasteiger partial charge in [-0.15, -0.1) is 0 Å². The molecule has 1 aromatic heterocycles. The van der Waals surface area contributed by atoms with Crippen LogP contribution in [0.2, 0.25) is 0 Å². The van der Waals surface area contributed by atoms with E-state index in [1.807, 2.05) is 37.3 Å². The van der Waals surface area contributed by atoms with E-state index >= 15 is 0 Å². The fraction of sp³-hybridized carbons (Fsp3) is 0.267. The third kappa shape index (κ3) is 2.73. The summed E-state index contributed by atoms with van der Waals surface area (Å²) in [6.45, 7) is 3.67. The maximum absolute atomic E-state index is 5.77. The first-order valence-electron chi connectivity index (χ1n) is 6.50. The monoisotopic (exact) mass is 288 g/mol. The van der Waals surface area contributed by atoms with Gasteiger partial charge < -0.3 is 15.2 Å². The van der Waals surface area contributed by atoms with E-state index in [9.17, 15) is 0 Å². The van der Waals surface area contributed by atoms with E-state index in [4.69, 9.17) is 15.2 Å². The summed E-state index contributed by atoms with van der Waals surface area (Å²) in [5.41, 5.74) is 7.81. The van der Waals surface area contributed by atoms with Gasteiger partial charge in [0.1, 0.15) is 18.2 Å². The van der Waals surface area contributed by atoms with Gasteiger partial charge in [-0.2, -0.15) is 0 Å². The standard InChI is InChI=1S/C15H16N2O2S/c1-10-2-3-11(9-16)15(17-10)20-12-4-5-13-14(8-12)19-7-6-18-13/h2-5,8H,6-7,9,16H2,1H3. The third-order valence-corrected chi connectivity index (χ3v) is 4.06. The van der Waals surface area contributed by atoms with Gasteiger partial charge in [0.05, 0.1) is 0 Å². The Morgan fingerprint density at radius 3 is 2.75 bits per heavy atom. The van der Waals surface area contributed by atoms with Gasteiger partial charge in [-0.05, 0) is 36.8 Å². The molecule has 2 aromatic rings. The lowest BCUT2D eigenvalue weighted by Gasteiger charge is -2.18. The van der Waals surface area contributed by atoms with Crippen molar-refractivity contribution in [2.75, 3.05) is 13.2 Å². The number of ether oxygens (including phenoxy) is 2. The highest BCUT2D eigenvalue weighted by molar-refractivity contribution is 7.99. The van der Waals surface area contributed by atoms with Crippen molar-refractivity contribution in [2.24, 2.45) is 5.73 Å². The Labute approximate surface area is 122 Å². The Morgan fingerprint density at radius 1 is 1.15 bits per heavy atom. The first kappa shape index (κ1) is 13.3. The van der Waals surface area contributed by atoms with Crippen LogP contribution in [-0.2, 0) is 6.54 Å². The molecule has 104 valence electrons. The van der Waals surface area contributed by atoms with E-state index in [1.165, 1.54) is 0 Å². The largest absolute Gasteiger partial charge is 0.486 e. The predicted molar refractivity (Wildman–Crippen MR) is 78.4 cm³/mol. The lowest BCUT2D eigenvalue weighted by Crippen LogP contribution is -2.15. The molecule has 1 aliphatic heterocycles. The van der Waals surface area contributed by atoms with Crippen molar-refractivity contribution < 1.29 is 9.47 Å². The number of hydrogen-bond acceptors (Lipinski definition) is 5. The second-order valence-electron chi connectivity index (χ2n) is 4.53. The van der Waals surface area contributed by atoms with Gasteiger partial charge in [0.2, 0.25) is 0 Å². The van der Waals surface area contributed by atoms with Crippen LogP contribution in [-0.4, -0.2) is 18.2 Å². The summed E-state index contributed by atoms with van der Waals surface area (Å²) in [5, 5.41) is 0.948. The summed E-state index contributed by atoms with van der Waals surface area (Å²) in [6.07, 6.45) is 0. The van der Waals surface area contributed by atoms with Crippen LogP contribution in [0.1, 0.15) is 11.3 Å². The maximum Gasteiger partial charge on any atom is 0.162 e. The van der Waals surface area contributed by atoms with Crippen molar-refractivity contribution in [1.82, 2.24) is 4.98 Å². The van der Waals surface area contributed by atoms with E-state index in [0.29, 0.717) is 19.8 Å². The van der Waals surface area contributed by atoms with E-state index < -0.39 is 0 Å². The molecule has 20 heavy (non-hydrogen) atoms. The lowest BCUT2D eigenvalue weighted by molar-refractivity contribution is 0.171. The van der Waals surface area contributed by atoms with Gasteiger partial charge in [0.25, 0.3) is 0 Å². The smallest absolute Gasteiger partial charge is 0.162 e. The van der Waals surface area contributed by atoms with E-state index in [-0.39, 0.29) is 0 Å². The SMILES string of the molecule is Cc1ccc(CN)c(Sc2ccc3c(c2)OCCO3)n1. The molecule has 4 nitrogen and oxygen atoms in total. The van der Waals surface area contributed by atoms with Crippen molar-refractivity contribution in [3.8, 4) is 11.5 Å². The molecular formula is C15H16N2O2S. The molecule has 0 spiro atoms. The average molecular weight is 288 g/mol. The van der Waals surface area contributed by atoms with E-state index in [2.05, 4.69) is 4.98 Å². The predicted octanol–water partition coefficient (Wildman–Crippen LogP) is 2.77. The minimum Gasteiger partial charge on any atom is -0.486 e. The number of rotatable bonds is 3. The van der Waals surface area contributed by atoms with Crippen molar-refractivity contribution in [3.05, 3.63) is 41.6 Å². The summed E-state index contributed by atoms with van der Waals surface area (Å²) >= 11 is 1.60. The van der Waals surface area contributed by atoms with E-state index in [0.717, 1.165) is 32.7 Å². The van der Waals surface area contributed by atoms with Gasteiger partial charge >= 0.3 is 0 Å². The first-order chi connectivity index (χ1) is 9.76. The van der Waals surface area contributed by atoms with Crippen LogP contribution in [0.3, 0.4) is 0 Å². The Morgan fingerprint density at radius 2 is 1.95 bits per heavy atom. The second kappa shape index (κ2) is 5.73. The number of nitrogens with two attached hydrogens (primary N) is 1. The van der Waals surface area contributed by atoms with Crippen molar-refractivity contribution in [1.29, 1.82) is 0 Å². The Bertz CT molecular complexity index is 631. The van der Waals surface area contributed by atoms with Crippen LogP contribution in [0.25, 0.3) is 0 Å². The third-order valence-electron chi connectivity index (χ3n) is 3.03. The van der Waals surface area contributed by atoms with Crippen LogP contribution in [0.5, 0.6) is 11.5 Å². The zero-order valence-corrected chi connectivity index (χ0v) is 12.1. The number of nitrogens with zero attached hydrogens (tertiary/aromatic N) is 1. The molecule has 0 unspecified atom stereocenters. The first-order valence-corrected chi connectivity index (χ1v) is 7.32. The van der Waals surface area contributed by atoms with Crippen LogP contribution in [0.15, 0.2) is 40.3 Å². The zero-order valence-electron chi connectivity index (χ0n) is 11.3. The van der Waals surface area contributed by atoms with Crippen LogP contribution in [0, 0.1) is 6.92 Å². The molecule has 0 radical (unpaired) electrons. The maximum atomic E-state index is 5.77. The highest BCUT2D eigenvalue weighted by Gasteiger charge is 2.13. The molecule has 0 atom stereocenters. The Kier molecular flexibility index (Phi) is 3.80. The minimum absolute atomic E-state index is 0.486. The van der Waals surface area contributed by atoms with Gasteiger partial charge in [0.15, 0.2) is 11.5 Å². The van der Waals surface area contributed by atoms with Gasteiger partial charge in [-0.3, -0.25) is 0 Å². The molecule has 2 N–H and O–H groups in total. The summed E-state index contributed by atoms with van der Waals surface area (Å²) < 4.78 is 11.1. The zero-order chi connectivity index (χ0) is 13.9. The van der Waals surface area contributed by atoms with E-state index in [1.54, 1.807) is 11.8 Å². The molecule has 0 saturated heterocycles. The van der Waals surface area contributed by atoms with Crippen molar-refractivity contribution in [3.63, 3.8) is 0 Å². The molecule has 5 heteroatoms. The fourth-order valence-corrected chi connectivity index (χ4v) is 3.00. The summed E-state index contributed by atoms with van der Waals surface area (Å²) in [6, 6.07) is 9.96. The molecule has 0 saturated carbocycles. The molecular weight excluding hydrogens is 272 g/mol. The summed E-state index contributed by atoms with van der Waals surface area (Å²) in [5.74, 6) is 1.60. The Hall–Kier alpha value is -1.72. The average Bonchev–Trinajstić information content (AvgIpc) is 2.47. The lowest BCUT2D eigenvalue weighted by atomic mass is 10.2. The number of aryl methyl sites for hydroxylation is 1. The highest BCUT2D eigenvalue weighted by Crippen LogP contribution is 2.37. The number of fused-ring (bicyclic) bond motifs is 1. The van der Waals surface area contributed by atoms with Crippen molar-refractivity contribution in [2.45, 2.75) is 23.4 Å². The minimum atomic E-state index is 0.486. The van der Waals surface area contributed by atoms with Crippen LogP contribution >= 0.6 is 11.8 Å². The normalized spacial score (nSPS) is 13.3. The molecule has 0 bridgehead atoms. The molecule has 0 aliphatic carbocycles. The Balaban J connectivity index is 1.89. The van der Waals surface area contributed by atoms with Gasteiger partial charge in [-0.1, -0.05) is 17.8 Å². The fourth-order valence-electron chi connectivity index (χ4n) is 2.00. The number of pyridine rings is 1. The molecule has 0 amide bonds. The molecule has 3 rings (SSSR count). The molecule has 1 aromatic carbocycles. The van der Waals surface area contributed by atoms with Crippen LogP contribution < -0.4 is 15.2 Å².